The Hall–Kier alpha value is -2.19. The molecule has 2 aromatic rings. The van der Waals surface area contributed by atoms with Gasteiger partial charge in [0.15, 0.2) is 5.69 Å². The van der Waals surface area contributed by atoms with Crippen LogP contribution in [0.2, 0.25) is 0 Å². The highest BCUT2D eigenvalue weighted by molar-refractivity contribution is 5.37. The molecule has 0 unspecified atom stereocenters. The minimum atomic E-state index is 0.299. The Morgan fingerprint density at radius 1 is 1.35 bits per heavy atom. The van der Waals surface area contributed by atoms with Gasteiger partial charge in [0.1, 0.15) is 11.8 Å². The summed E-state index contributed by atoms with van der Waals surface area (Å²) in [6.45, 7) is 2.33. The molecule has 86 valence electrons. The minimum Gasteiger partial charge on any atom is -0.378 e. The summed E-state index contributed by atoms with van der Waals surface area (Å²) in [7, 11) is 1.58. The van der Waals surface area contributed by atoms with Crippen molar-refractivity contribution in [2.24, 2.45) is 0 Å². The number of aryl methyl sites for hydroxylation is 1. The third kappa shape index (κ3) is 2.17. The molecule has 1 heterocycles. The quantitative estimate of drug-likeness (QED) is 0.800. The average molecular weight is 228 g/mol. The lowest BCUT2D eigenvalue weighted by Gasteiger charge is -2.05. The summed E-state index contributed by atoms with van der Waals surface area (Å²) in [4.78, 5) is 0. The molecule has 5 heteroatoms. The Morgan fingerprint density at radius 3 is 2.65 bits per heavy atom. The van der Waals surface area contributed by atoms with Gasteiger partial charge < -0.3 is 4.74 Å². The first kappa shape index (κ1) is 11.3. The van der Waals surface area contributed by atoms with Crippen LogP contribution in [0.15, 0.2) is 24.3 Å². The number of nitriles is 1. The van der Waals surface area contributed by atoms with E-state index in [1.54, 1.807) is 11.8 Å². The van der Waals surface area contributed by atoms with E-state index in [0.29, 0.717) is 18.0 Å². The Labute approximate surface area is 99.2 Å². The van der Waals surface area contributed by atoms with E-state index in [1.807, 2.05) is 37.3 Å². The van der Waals surface area contributed by atoms with Gasteiger partial charge in [0, 0.05) is 7.11 Å². The second-order valence-electron chi connectivity index (χ2n) is 3.68. The van der Waals surface area contributed by atoms with Gasteiger partial charge in [0.2, 0.25) is 0 Å². The molecule has 0 radical (unpaired) electrons. The molecule has 5 nitrogen and oxygen atoms in total. The number of aromatic nitrogens is 3. The highest BCUT2D eigenvalue weighted by atomic mass is 16.5. The Bertz CT molecular complexity index is 551. The lowest BCUT2D eigenvalue weighted by Crippen LogP contribution is -2.04. The van der Waals surface area contributed by atoms with Crippen molar-refractivity contribution in [3.63, 3.8) is 0 Å². The van der Waals surface area contributed by atoms with E-state index in [1.165, 1.54) is 5.56 Å². The molecule has 17 heavy (non-hydrogen) atoms. The van der Waals surface area contributed by atoms with Crippen LogP contribution >= 0.6 is 0 Å². The molecule has 0 bridgehead atoms. The van der Waals surface area contributed by atoms with Crippen molar-refractivity contribution in [2.75, 3.05) is 7.11 Å². The first-order valence-electron chi connectivity index (χ1n) is 5.17. The molecular formula is C12H12N4O. The zero-order valence-electron chi connectivity index (χ0n) is 9.71. The molecule has 0 N–H and O–H groups in total. The first-order valence-corrected chi connectivity index (χ1v) is 5.17. The number of hydrogen-bond donors (Lipinski definition) is 0. The van der Waals surface area contributed by atoms with Crippen LogP contribution in [0.25, 0.3) is 5.69 Å². The SMILES string of the molecule is COCc1c(C#N)nnn1-c1ccc(C)cc1. The number of rotatable bonds is 3. The summed E-state index contributed by atoms with van der Waals surface area (Å²) >= 11 is 0. The minimum absolute atomic E-state index is 0.299. The van der Waals surface area contributed by atoms with Gasteiger partial charge in [0.05, 0.1) is 12.3 Å². The van der Waals surface area contributed by atoms with Gasteiger partial charge in [-0.3, -0.25) is 0 Å². The summed E-state index contributed by atoms with van der Waals surface area (Å²) in [5, 5.41) is 16.7. The van der Waals surface area contributed by atoms with Crippen LogP contribution in [0.4, 0.5) is 0 Å². The molecule has 0 saturated heterocycles. The van der Waals surface area contributed by atoms with Crippen molar-refractivity contribution >= 4 is 0 Å². The van der Waals surface area contributed by atoms with Gasteiger partial charge in [-0.1, -0.05) is 22.9 Å². The fourth-order valence-corrected chi connectivity index (χ4v) is 1.55. The summed E-state index contributed by atoms with van der Waals surface area (Å²) in [5.74, 6) is 0. The third-order valence-electron chi connectivity index (χ3n) is 2.43. The molecule has 0 aliphatic carbocycles. The number of hydrogen-bond acceptors (Lipinski definition) is 4. The maximum Gasteiger partial charge on any atom is 0.188 e. The molecule has 0 saturated carbocycles. The molecule has 0 amide bonds. The maximum atomic E-state index is 8.93. The number of methoxy groups -OCH3 is 1. The third-order valence-corrected chi connectivity index (χ3v) is 2.43. The Balaban J connectivity index is 2.48. The molecule has 1 aromatic heterocycles. The zero-order chi connectivity index (χ0) is 12.3. The van der Waals surface area contributed by atoms with Crippen LogP contribution < -0.4 is 0 Å². The smallest absolute Gasteiger partial charge is 0.188 e. The predicted octanol–water partition coefficient (Wildman–Crippen LogP) is 1.59. The van der Waals surface area contributed by atoms with Crippen LogP contribution in [0.1, 0.15) is 17.0 Å². The van der Waals surface area contributed by atoms with Crippen molar-refractivity contribution < 1.29 is 4.74 Å². The predicted molar refractivity (Wildman–Crippen MR) is 61.5 cm³/mol. The van der Waals surface area contributed by atoms with Crippen molar-refractivity contribution in [3.05, 3.63) is 41.2 Å². The van der Waals surface area contributed by atoms with E-state index >= 15 is 0 Å². The van der Waals surface area contributed by atoms with Crippen LogP contribution in [0.3, 0.4) is 0 Å². The summed E-state index contributed by atoms with van der Waals surface area (Å²) < 4.78 is 6.69. The zero-order valence-corrected chi connectivity index (χ0v) is 9.71. The lowest BCUT2D eigenvalue weighted by atomic mass is 10.2. The van der Waals surface area contributed by atoms with Crippen LogP contribution in [0, 0.1) is 18.3 Å². The molecule has 1 aromatic carbocycles. The van der Waals surface area contributed by atoms with Gasteiger partial charge in [-0.15, -0.1) is 5.10 Å². The fourth-order valence-electron chi connectivity index (χ4n) is 1.55. The second-order valence-corrected chi connectivity index (χ2v) is 3.68. The Kier molecular flexibility index (Phi) is 3.17. The van der Waals surface area contributed by atoms with Crippen LogP contribution in [0.5, 0.6) is 0 Å². The van der Waals surface area contributed by atoms with E-state index < -0.39 is 0 Å². The van der Waals surface area contributed by atoms with E-state index in [-0.39, 0.29) is 0 Å². The summed E-state index contributed by atoms with van der Waals surface area (Å²) in [6.07, 6.45) is 0. The molecule has 0 atom stereocenters. The topological polar surface area (TPSA) is 63.7 Å². The van der Waals surface area contributed by atoms with Crippen molar-refractivity contribution in [1.29, 1.82) is 5.26 Å². The van der Waals surface area contributed by atoms with Crippen LogP contribution in [-0.2, 0) is 11.3 Å². The molecular weight excluding hydrogens is 216 g/mol. The second kappa shape index (κ2) is 4.76. The van der Waals surface area contributed by atoms with Crippen LogP contribution in [-0.4, -0.2) is 22.1 Å². The normalized spacial score (nSPS) is 10.2. The van der Waals surface area contributed by atoms with Crippen molar-refractivity contribution in [2.45, 2.75) is 13.5 Å². The highest BCUT2D eigenvalue weighted by Crippen LogP contribution is 2.14. The van der Waals surface area contributed by atoms with Gasteiger partial charge in [-0.25, -0.2) is 4.68 Å². The highest BCUT2D eigenvalue weighted by Gasteiger charge is 2.13. The van der Waals surface area contributed by atoms with E-state index in [0.717, 1.165) is 5.69 Å². The fraction of sp³-hybridized carbons (Fsp3) is 0.250. The molecule has 0 aliphatic rings. The molecule has 0 fully saturated rings. The molecule has 0 spiro atoms. The van der Waals surface area contributed by atoms with E-state index in [2.05, 4.69) is 10.3 Å². The number of ether oxygens (including phenoxy) is 1. The van der Waals surface area contributed by atoms with Gasteiger partial charge in [-0.05, 0) is 19.1 Å². The van der Waals surface area contributed by atoms with E-state index in [4.69, 9.17) is 10.00 Å². The standard InChI is InChI=1S/C12H12N4O/c1-9-3-5-10(6-4-9)16-12(8-17-2)11(7-13)14-15-16/h3-6H,8H2,1-2H3. The van der Waals surface area contributed by atoms with Crippen molar-refractivity contribution in [1.82, 2.24) is 15.0 Å². The van der Waals surface area contributed by atoms with Gasteiger partial charge in [-0.2, -0.15) is 5.26 Å². The summed E-state index contributed by atoms with van der Waals surface area (Å²) in [6, 6.07) is 9.85. The van der Waals surface area contributed by atoms with Gasteiger partial charge >= 0.3 is 0 Å². The maximum absolute atomic E-state index is 8.93. The number of nitrogens with zero attached hydrogens (tertiary/aromatic N) is 4. The lowest BCUT2D eigenvalue weighted by molar-refractivity contribution is 0.179. The number of benzene rings is 1. The summed E-state index contributed by atoms with van der Waals surface area (Å²) in [5.41, 5.74) is 3.01. The largest absolute Gasteiger partial charge is 0.378 e. The average Bonchev–Trinajstić information content (AvgIpc) is 2.74. The Morgan fingerprint density at radius 2 is 2.06 bits per heavy atom. The van der Waals surface area contributed by atoms with Gasteiger partial charge in [0.25, 0.3) is 0 Å². The molecule has 0 aliphatic heterocycles. The molecule has 2 rings (SSSR count). The monoisotopic (exact) mass is 228 g/mol. The van der Waals surface area contributed by atoms with Crippen molar-refractivity contribution in [3.8, 4) is 11.8 Å². The van der Waals surface area contributed by atoms with E-state index in [9.17, 15) is 0 Å². The first-order chi connectivity index (χ1) is 8.26.